The normalized spacial score (nSPS) is 15.3. The molecule has 1 fully saturated rings. The molecule has 0 atom stereocenters. The molecule has 0 unspecified atom stereocenters. The molecule has 1 saturated heterocycles. The van der Waals surface area contributed by atoms with Crippen LogP contribution < -0.4 is 0 Å². The summed E-state index contributed by atoms with van der Waals surface area (Å²) in [6.07, 6.45) is 5.05. The molecular weight excluding hydrogens is 270 g/mol. The van der Waals surface area contributed by atoms with Gasteiger partial charge in [-0.3, -0.25) is 14.9 Å². The Labute approximate surface area is 122 Å². The fourth-order valence-corrected chi connectivity index (χ4v) is 2.89. The second-order valence-electron chi connectivity index (χ2n) is 5.35. The third-order valence-corrected chi connectivity index (χ3v) is 4.00. The number of carbonyl (C=O) groups is 1. The van der Waals surface area contributed by atoms with Crippen LogP contribution in [0.3, 0.4) is 0 Å². The van der Waals surface area contributed by atoms with Crippen molar-refractivity contribution in [1.29, 1.82) is 0 Å². The lowest BCUT2D eigenvalue weighted by molar-refractivity contribution is -0.383. The van der Waals surface area contributed by atoms with Gasteiger partial charge in [-0.05, 0) is 31.4 Å². The van der Waals surface area contributed by atoms with E-state index in [1.54, 1.807) is 22.9 Å². The number of benzene rings is 1. The van der Waals surface area contributed by atoms with E-state index in [-0.39, 0.29) is 23.1 Å². The van der Waals surface area contributed by atoms with Crippen molar-refractivity contribution < 1.29 is 9.72 Å². The molecule has 1 aliphatic heterocycles. The Morgan fingerprint density at radius 1 is 1.19 bits per heavy atom. The van der Waals surface area contributed by atoms with E-state index in [0.717, 1.165) is 31.4 Å². The smallest absolute Gasteiger partial charge is 0.278 e. The molecule has 6 nitrogen and oxygen atoms in total. The molecule has 1 amide bonds. The highest BCUT2D eigenvalue weighted by Crippen LogP contribution is 2.26. The van der Waals surface area contributed by atoms with Gasteiger partial charge < -0.3 is 9.47 Å². The highest BCUT2D eigenvalue weighted by Gasteiger charge is 2.19. The van der Waals surface area contributed by atoms with Crippen LogP contribution in [0.15, 0.2) is 30.5 Å². The summed E-state index contributed by atoms with van der Waals surface area (Å²) in [4.78, 5) is 24.8. The van der Waals surface area contributed by atoms with Crippen LogP contribution in [0, 0.1) is 10.1 Å². The van der Waals surface area contributed by atoms with Crippen molar-refractivity contribution in [2.45, 2.75) is 25.8 Å². The second-order valence-corrected chi connectivity index (χ2v) is 5.35. The predicted octanol–water partition coefficient (Wildman–Crippen LogP) is 2.56. The molecule has 6 heteroatoms. The summed E-state index contributed by atoms with van der Waals surface area (Å²) >= 11 is 0. The number of carbonyl (C=O) groups excluding carboxylic acids is 1. The summed E-state index contributed by atoms with van der Waals surface area (Å²) in [7, 11) is 0. The summed E-state index contributed by atoms with van der Waals surface area (Å²) in [6.45, 7) is 1.88. The number of likely N-dealkylation sites (tertiary alicyclic amines) is 1. The van der Waals surface area contributed by atoms with Crippen molar-refractivity contribution in [2.24, 2.45) is 0 Å². The van der Waals surface area contributed by atoms with E-state index in [2.05, 4.69) is 0 Å². The first-order valence-electron chi connectivity index (χ1n) is 7.17. The van der Waals surface area contributed by atoms with Crippen LogP contribution in [0.1, 0.15) is 19.3 Å². The van der Waals surface area contributed by atoms with Crippen molar-refractivity contribution in [2.75, 3.05) is 13.1 Å². The Morgan fingerprint density at radius 3 is 2.67 bits per heavy atom. The molecule has 3 rings (SSSR count). The Bertz CT molecular complexity index is 687. The van der Waals surface area contributed by atoms with Gasteiger partial charge in [-0.2, -0.15) is 0 Å². The standard InChI is InChI=1S/C15H17N3O3/c19-15(16-8-2-1-3-9-16)11-17-10-7-12-13(17)5-4-6-14(12)18(20)21/h4-7,10H,1-3,8-9,11H2. The first-order chi connectivity index (χ1) is 10.2. The van der Waals surface area contributed by atoms with Gasteiger partial charge in [0.25, 0.3) is 5.69 Å². The number of nitrogens with zero attached hydrogens (tertiary/aromatic N) is 3. The highest BCUT2D eigenvalue weighted by molar-refractivity contribution is 5.90. The first kappa shape index (κ1) is 13.6. The molecule has 21 heavy (non-hydrogen) atoms. The second kappa shape index (κ2) is 5.55. The molecule has 0 aliphatic carbocycles. The monoisotopic (exact) mass is 287 g/mol. The fourth-order valence-electron chi connectivity index (χ4n) is 2.89. The number of hydrogen-bond donors (Lipinski definition) is 0. The van der Waals surface area contributed by atoms with E-state index < -0.39 is 0 Å². The average molecular weight is 287 g/mol. The fraction of sp³-hybridized carbons (Fsp3) is 0.400. The zero-order chi connectivity index (χ0) is 14.8. The van der Waals surface area contributed by atoms with Gasteiger partial charge in [-0.25, -0.2) is 0 Å². The lowest BCUT2D eigenvalue weighted by Gasteiger charge is -2.27. The molecule has 1 aromatic carbocycles. The highest BCUT2D eigenvalue weighted by atomic mass is 16.6. The number of nitro groups is 1. The zero-order valence-electron chi connectivity index (χ0n) is 11.7. The van der Waals surface area contributed by atoms with Crippen LogP contribution in [0.4, 0.5) is 5.69 Å². The molecule has 1 aromatic heterocycles. The number of amides is 1. The molecule has 0 radical (unpaired) electrons. The SMILES string of the molecule is O=C(Cn1ccc2c([N+](=O)[O-])cccc21)N1CCCCC1. The van der Waals surface area contributed by atoms with Gasteiger partial charge in [0.05, 0.1) is 15.8 Å². The van der Waals surface area contributed by atoms with Crippen molar-refractivity contribution in [3.05, 3.63) is 40.6 Å². The number of aromatic nitrogens is 1. The average Bonchev–Trinajstić information content (AvgIpc) is 2.91. The van der Waals surface area contributed by atoms with E-state index in [1.165, 1.54) is 12.5 Å². The molecule has 2 aromatic rings. The van der Waals surface area contributed by atoms with Crippen LogP contribution in [-0.2, 0) is 11.3 Å². The molecule has 0 N–H and O–H groups in total. The number of non-ortho nitro benzene ring substituents is 1. The summed E-state index contributed by atoms with van der Waals surface area (Å²) < 4.78 is 1.79. The predicted molar refractivity (Wildman–Crippen MR) is 79.0 cm³/mol. The lowest BCUT2D eigenvalue weighted by atomic mass is 10.1. The van der Waals surface area contributed by atoms with E-state index >= 15 is 0 Å². The van der Waals surface area contributed by atoms with Gasteiger partial charge in [0, 0.05) is 25.4 Å². The number of piperidine rings is 1. The summed E-state index contributed by atoms with van der Waals surface area (Å²) in [5, 5.41) is 11.6. The van der Waals surface area contributed by atoms with Crippen LogP contribution in [0.5, 0.6) is 0 Å². The van der Waals surface area contributed by atoms with E-state index in [1.807, 2.05) is 11.0 Å². The van der Waals surface area contributed by atoms with Crippen molar-refractivity contribution in [3.8, 4) is 0 Å². The Morgan fingerprint density at radius 2 is 1.95 bits per heavy atom. The quantitative estimate of drug-likeness (QED) is 0.643. The number of rotatable bonds is 3. The maximum Gasteiger partial charge on any atom is 0.278 e. The maximum absolute atomic E-state index is 12.3. The van der Waals surface area contributed by atoms with Gasteiger partial charge in [-0.1, -0.05) is 6.07 Å². The Balaban J connectivity index is 1.86. The van der Waals surface area contributed by atoms with Crippen LogP contribution in [0.25, 0.3) is 10.9 Å². The molecular formula is C15H17N3O3. The third-order valence-electron chi connectivity index (χ3n) is 4.00. The Hall–Kier alpha value is -2.37. The van der Waals surface area contributed by atoms with E-state index in [0.29, 0.717) is 5.39 Å². The van der Waals surface area contributed by atoms with Crippen molar-refractivity contribution in [1.82, 2.24) is 9.47 Å². The van der Waals surface area contributed by atoms with Gasteiger partial charge in [0.1, 0.15) is 6.54 Å². The van der Waals surface area contributed by atoms with E-state index in [4.69, 9.17) is 0 Å². The lowest BCUT2D eigenvalue weighted by Crippen LogP contribution is -2.37. The summed E-state index contributed by atoms with van der Waals surface area (Å²) in [5.41, 5.74) is 0.811. The molecule has 1 aliphatic rings. The van der Waals surface area contributed by atoms with E-state index in [9.17, 15) is 14.9 Å². The third kappa shape index (κ3) is 2.61. The van der Waals surface area contributed by atoms with Gasteiger partial charge in [-0.15, -0.1) is 0 Å². The summed E-state index contributed by atoms with van der Waals surface area (Å²) in [6, 6.07) is 6.66. The summed E-state index contributed by atoms with van der Waals surface area (Å²) in [5.74, 6) is 0.0821. The molecule has 0 saturated carbocycles. The van der Waals surface area contributed by atoms with Crippen molar-refractivity contribution >= 4 is 22.5 Å². The largest absolute Gasteiger partial charge is 0.341 e. The first-order valence-corrected chi connectivity index (χ1v) is 7.17. The number of fused-ring (bicyclic) bond motifs is 1. The minimum absolute atomic E-state index is 0.0803. The molecule has 0 bridgehead atoms. The Kier molecular flexibility index (Phi) is 3.60. The maximum atomic E-state index is 12.3. The van der Waals surface area contributed by atoms with Gasteiger partial charge in [0.2, 0.25) is 5.91 Å². The van der Waals surface area contributed by atoms with Crippen LogP contribution in [-0.4, -0.2) is 33.4 Å². The number of nitro benzene ring substituents is 1. The molecule has 110 valence electrons. The van der Waals surface area contributed by atoms with Crippen molar-refractivity contribution in [3.63, 3.8) is 0 Å². The minimum Gasteiger partial charge on any atom is -0.341 e. The van der Waals surface area contributed by atoms with Gasteiger partial charge in [0.15, 0.2) is 0 Å². The minimum atomic E-state index is -0.390. The van der Waals surface area contributed by atoms with Crippen LogP contribution >= 0.6 is 0 Å². The molecule has 2 heterocycles. The topological polar surface area (TPSA) is 68.4 Å². The molecule has 0 spiro atoms. The number of hydrogen-bond acceptors (Lipinski definition) is 3. The van der Waals surface area contributed by atoms with Crippen LogP contribution in [0.2, 0.25) is 0 Å². The zero-order valence-corrected chi connectivity index (χ0v) is 11.7. The van der Waals surface area contributed by atoms with Gasteiger partial charge >= 0.3 is 0 Å².